The fourth-order valence-corrected chi connectivity index (χ4v) is 0.959. The molecule has 1 amide bonds. The van der Waals surface area contributed by atoms with E-state index in [1.165, 1.54) is 0 Å². The van der Waals surface area contributed by atoms with Crippen LogP contribution in [0, 0.1) is 5.41 Å². The third kappa shape index (κ3) is 5.09. The molecule has 0 saturated carbocycles. The zero-order chi connectivity index (χ0) is 12.9. The van der Waals surface area contributed by atoms with E-state index in [0.717, 1.165) is 0 Å². The van der Waals surface area contributed by atoms with Crippen LogP contribution in [0.15, 0.2) is 0 Å². The number of amides is 1. The summed E-state index contributed by atoms with van der Waals surface area (Å²) in [6.45, 7) is 5.60. The number of aliphatic hydroxyl groups is 1. The first-order valence-electron chi connectivity index (χ1n) is 5.10. The van der Waals surface area contributed by atoms with Crippen LogP contribution in [0.25, 0.3) is 0 Å². The molecule has 16 heavy (non-hydrogen) atoms. The first kappa shape index (κ1) is 14.9. The van der Waals surface area contributed by atoms with Crippen LogP contribution in [0.1, 0.15) is 27.2 Å². The summed E-state index contributed by atoms with van der Waals surface area (Å²) in [5.74, 6) is -1.64. The number of carboxylic acids is 1. The van der Waals surface area contributed by atoms with E-state index in [4.69, 9.17) is 15.9 Å². The van der Waals surface area contributed by atoms with Crippen LogP contribution in [0.2, 0.25) is 0 Å². The molecule has 5 N–H and O–H groups in total. The second-order valence-electron chi connectivity index (χ2n) is 4.78. The van der Waals surface area contributed by atoms with Gasteiger partial charge in [0.25, 0.3) is 0 Å². The summed E-state index contributed by atoms with van der Waals surface area (Å²) < 4.78 is 0. The van der Waals surface area contributed by atoms with Crippen LogP contribution in [0.4, 0.5) is 0 Å². The van der Waals surface area contributed by atoms with Crippen LogP contribution in [-0.4, -0.2) is 40.8 Å². The number of rotatable bonds is 5. The SMILES string of the molecule is CC(C)(C)[C@@H](N)C(=O)NCCC(O)C(=O)O. The molecule has 0 aliphatic carbocycles. The van der Waals surface area contributed by atoms with Crippen molar-refractivity contribution < 1.29 is 19.8 Å². The lowest BCUT2D eigenvalue weighted by molar-refractivity contribution is -0.147. The minimum Gasteiger partial charge on any atom is -0.479 e. The lowest BCUT2D eigenvalue weighted by Gasteiger charge is -2.25. The molecule has 0 saturated heterocycles. The van der Waals surface area contributed by atoms with Crippen molar-refractivity contribution in [3.63, 3.8) is 0 Å². The quantitative estimate of drug-likeness (QED) is 0.501. The molecule has 0 radical (unpaired) electrons. The molecule has 0 aliphatic rings. The van der Waals surface area contributed by atoms with Crippen molar-refractivity contribution in [1.29, 1.82) is 0 Å². The molecular weight excluding hydrogens is 212 g/mol. The number of carboxylic acid groups (broad SMARTS) is 1. The molecule has 0 spiro atoms. The Hall–Kier alpha value is -1.14. The largest absolute Gasteiger partial charge is 0.479 e. The maximum atomic E-state index is 11.5. The average Bonchev–Trinajstić information content (AvgIpc) is 2.14. The van der Waals surface area contributed by atoms with Gasteiger partial charge in [0.2, 0.25) is 5.91 Å². The van der Waals surface area contributed by atoms with Crippen molar-refractivity contribution in [2.45, 2.75) is 39.3 Å². The van der Waals surface area contributed by atoms with E-state index in [1.54, 1.807) is 0 Å². The molecule has 94 valence electrons. The predicted molar refractivity (Wildman–Crippen MR) is 58.7 cm³/mol. The highest BCUT2D eigenvalue weighted by Gasteiger charge is 2.27. The number of carbonyl (C=O) groups excluding carboxylic acids is 1. The van der Waals surface area contributed by atoms with Gasteiger partial charge in [-0.3, -0.25) is 4.79 Å². The maximum absolute atomic E-state index is 11.5. The number of hydrogen-bond acceptors (Lipinski definition) is 4. The Balaban J connectivity index is 3.96. The standard InChI is InChI=1S/C10H20N2O4/c1-10(2,3)7(11)8(14)12-5-4-6(13)9(15)16/h6-7,13H,4-5,11H2,1-3H3,(H,12,14)(H,15,16)/t6?,7-/m0/s1. The van der Waals surface area contributed by atoms with E-state index in [-0.39, 0.29) is 24.3 Å². The second-order valence-corrected chi connectivity index (χ2v) is 4.78. The van der Waals surface area contributed by atoms with Gasteiger partial charge in [0.15, 0.2) is 6.10 Å². The number of nitrogens with one attached hydrogen (secondary N) is 1. The third-order valence-electron chi connectivity index (χ3n) is 2.22. The number of aliphatic hydroxyl groups excluding tert-OH is 1. The summed E-state index contributed by atoms with van der Waals surface area (Å²) >= 11 is 0. The zero-order valence-corrected chi connectivity index (χ0v) is 9.86. The van der Waals surface area contributed by atoms with Crippen molar-refractivity contribution >= 4 is 11.9 Å². The van der Waals surface area contributed by atoms with Gasteiger partial charge in [-0.1, -0.05) is 20.8 Å². The Morgan fingerprint density at radius 1 is 1.38 bits per heavy atom. The minimum atomic E-state index is -1.45. The maximum Gasteiger partial charge on any atom is 0.332 e. The highest BCUT2D eigenvalue weighted by Crippen LogP contribution is 2.16. The average molecular weight is 232 g/mol. The minimum absolute atomic E-state index is 0.0298. The highest BCUT2D eigenvalue weighted by atomic mass is 16.4. The molecule has 0 aromatic heterocycles. The molecule has 0 rings (SSSR count). The third-order valence-corrected chi connectivity index (χ3v) is 2.22. The summed E-state index contributed by atoms with van der Waals surface area (Å²) in [7, 11) is 0. The van der Waals surface area contributed by atoms with E-state index < -0.39 is 18.1 Å². The van der Waals surface area contributed by atoms with Crippen LogP contribution < -0.4 is 11.1 Å². The van der Waals surface area contributed by atoms with Crippen molar-refractivity contribution in [1.82, 2.24) is 5.32 Å². The first-order valence-corrected chi connectivity index (χ1v) is 5.10. The summed E-state index contributed by atoms with van der Waals surface area (Å²) in [5, 5.41) is 19.8. The molecule has 1 unspecified atom stereocenters. The van der Waals surface area contributed by atoms with E-state index in [9.17, 15) is 9.59 Å². The molecule has 0 aromatic rings. The molecule has 0 aliphatic heterocycles. The van der Waals surface area contributed by atoms with Gasteiger partial charge in [-0.05, 0) is 5.41 Å². The highest BCUT2D eigenvalue weighted by molar-refractivity contribution is 5.82. The van der Waals surface area contributed by atoms with Crippen LogP contribution in [-0.2, 0) is 9.59 Å². The molecule has 2 atom stereocenters. The Labute approximate surface area is 94.8 Å². The number of aliphatic carboxylic acids is 1. The van der Waals surface area contributed by atoms with Gasteiger partial charge in [-0.25, -0.2) is 4.79 Å². The molecular formula is C10H20N2O4. The van der Waals surface area contributed by atoms with Gasteiger partial charge in [0.1, 0.15) is 0 Å². The lowest BCUT2D eigenvalue weighted by Crippen LogP contribution is -2.49. The molecule has 0 heterocycles. The number of nitrogens with two attached hydrogens (primary N) is 1. The Bertz CT molecular complexity index is 260. The smallest absolute Gasteiger partial charge is 0.332 e. The van der Waals surface area contributed by atoms with E-state index in [2.05, 4.69) is 5.32 Å². The van der Waals surface area contributed by atoms with Crippen LogP contribution in [0.5, 0.6) is 0 Å². The fraction of sp³-hybridized carbons (Fsp3) is 0.800. The topological polar surface area (TPSA) is 113 Å². The monoisotopic (exact) mass is 232 g/mol. The van der Waals surface area contributed by atoms with E-state index in [1.807, 2.05) is 20.8 Å². The molecule has 6 nitrogen and oxygen atoms in total. The van der Waals surface area contributed by atoms with Gasteiger partial charge in [0, 0.05) is 13.0 Å². The Morgan fingerprint density at radius 2 is 1.88 bits per heavy atom. The van der Waals surface area contributed by atoms with E-state index >= 15 is 0 Å². The first-order chi connectivity index (χ1) is 7.16. The zero-order valence-electron chi connectivity index (χ0n) is 9.86. The van der Waals surface area contributed by atoms with Gasteiger partial charge < -0.3 is 21.3 Å². The van der Waals surface area contributed by atoms with Crippen LogP contribution >= 0.6 is 0 Å². The van der Waals surface area contributed by atoms with Crippen molar-refractivity contribution in [3.05, 3.63) is 0 Å². The van der Waals surface area contributed by atoms with Crippen molar-refractivity contribution in [2.24, 2.45) is 11.1 Å². The Kier molecular flexibility index (Phi) is 5.40. The predicted octanol–water partition coefficient (Wildman–Crippen LogP) is -0.688. The van der Waals surface area contributed by atoms with Gasteiger partial charge in [0.05, 0.1) is 6.04 Å². The van der Waals surface area contributed by atoms with Gasteiger partial charge >= 0.3 is 5.97 Å². The van der Waals surface area contributed by atoms with Crippen LogP contribution in [0.3, 0.4) is 0 Å². The number of hydrogen-bond donors (Lipinski definition) is 4. The van der Waals surface area contributed by atoms with Crippen molar-refractivity contribution in [2.75, 3.05) is 6.54 Å². The van der Waals surface area contributed by atoms with E-state index in [0.29, 0.717) is 0 Å². The molecule has 6 heteroatoms. The number of carbonyl (C=O) groups is 2. The molecule has 0 fully saturated rings. The normalized spacial score (nSPS) is 15.3. The second kappa shape index (κ2) is 5.81. The lowest BCUT2D eigenvalue weighted by atomic mass is 9.87. The molecule has 0 bridgehead atoms. The summed E-state index contributed by atoms with van der Waals surface area (Å²) in [4.78, 5) is 21.8. The van der Waals surface area contributed by atoms with Crippen molar-refractivity contribution in [3.8, 4) is 0 Å². The fourth-order valence-electron chi connectivity index (χ4n) is 0.959. The van der Waals surface area contributed by atoms with Gasteiger partial charge in [-0.15, -0.1) is 0 Å². The summed E-state index contributed by atoms with van der Waals surface area (Å²) in [6.07, 6.45) is -1.48. The summed E-state index contributed by atoms with van der Waals surface area (Å²) in [6, 6.07) is -0.658. The molecule has 0 aromatic carbocycles. The Morgan fingerprint density at radius 3 is 2.25 bits per heavy atom. The summed E-state index contributed by atoms with van der Waals surface area (Å²) in [5.41, 5.74) is 5.33. The van der Waals surface area contributed by atoms with Gasteiger partial charge in [-0.2, -0.15) is 0 Å².